The monoisotopic (exact) mass is 384 g/mol. The average Bonchev–Trinajstić information content (AvgIpc) is 2.95. The number of aliphatic hydroxyl groups excluding tert-OH is 2. The maximum atomic E-state index is 11.8. The molecule has 0 radical (unpaired) electrons. The van der Waals surface area contributed by atoms with Crippen LogP contribution in [0.3, 0.4) is 0 Å². The predicted octanol–water partition coefficient (Wildman–Crippen LogP) is 3.52. The molecule has 0 amide bonds. The number of esters is 1. The summed E-state index contributed by atoms with van der Waals surface area (Å²) in [4.78, 5) is 11.8. The quantitative estimate of drug-likeness (QED) is 0.378. The molecular weight excluding hydrogens is 348 g/mol. The van der Waals surface area contributed by atoms with Gasteiger partial charge in [0.1, 0.15) is 5.60 Å². The Balaban J connectivity index is 1.82. The fraction of sp³-hybridized carbons (Fsp3) is 0.857. The molecule has 2 heterocycles. The van der Waals surface area contributed by atoms with Crippen molar-refractivity contribution in [1.82, 2.24) is 0 Å². The molecule has 27 heavy (non-hydrogen) atoms. The van der Waals surface area contributed by atoms with Crippen LogP contribution in [0.15, 0.2) is 12.3 Å². The van der Waals surface area contributed by atoms with Gasteiger partial charge in [-0.05, 0) is 52.9 Å². The summed E-state index contributed by atoms with van der Waals surface area (Å²) in [6, 6.07) is 0. The van der Waals surface area contributed by atoms with E-state index in [9.17, 15) is 15.0 Å². The van der Waals surface area contributed by atoms with Crippen LogP contribution < -0.4 is 0 Å². The summed E-state index contributed by atoms with van der Waals surface area (Å²) in [6.07, 6.45) is 4.41. The summed E-state index contributed by atoms with van der Waals surface area (Å²) < 4.78 is 17.7. The van der Waals surface area contributed by atoms with Crippen molar-refractivity contribution in [2.24, 2.45) is 11.3 Å². The minimum atomic E-state index is -0.661. The number of rotatable bonds is 8. The van der Waals surface area contributed by atoms with Gasteiger partial charge in [0, 0.05) is 12.3 Å². The second-order valence-electron chi connectivity index (χ2n) is 9.15. The second kappa shape index (κ2) is 8.93. The van der Waals surface area contributed by atoms with Crippen LogP contribution in [0.5, 0.6) is 0 Å². The normalized spacial score (nSPS) is 32.0. The van der Waals surface area contributed by atoms with Crippen molar-refractivity contribution in [3.05, 3.63) is 12.3 Å². The van der Waals surface area contributed by atoms with E-state index in [4.69, 9.17) is 14.2 Å². The van der Waals surface area contributed by atoms with Crippen LogP contribution in [0.4, 0.5) is 0 Å². The lowest BCUT2D eigenvalue weighted by Gasteiger charge is -2.41. The molecule has 5 atom stereocenters. The van der Waals surface area contributed by atoms with Crippen LogP contribution in [0.2, 0.25) is 0 Å². The number of carbonyl (C=O) groups is 1. The van der Waals surface area contributed by atoms with Crippen molar-refractivity contribution in [2.75, 3.05) is 13.2 Å². The number of carbonyl (C=O) groups excluding carboxylic acids is 1. The van der Waals surface area contributed by atoms with E-state index in [1.807, 2.05) is 27.7 Å². The summed E-state index contributed by atoms with van der Waals surface area (Å²) in [6.45, 7) is 11.4. The molecule has 6 heteroatoms. The van der Waals surface area contributed by atoms with Crippen LogP contribution >= 0.6 is 0 Å². The number of hydrogen-bond acceptors (Lipinski definition) is 6. The van der Waals surface area contributed by atoms with Crippen LogP contribution in [-0.2, 0) is 19.0 Å². The molecule has 0 aliphatic carbocycles. The first kappa shape index (κ1) is 22.2. The highest BCUT2D eigenvalue weighted by atomic mass is 16.6. The third kappa shape index (κ3) is 5.69. The lowest BCUT2D eigenvalue weighted by molar-refractivity contribution is -0.185. The fourth-order valence-corrected chi connectivity index (χ4v) is 3.87. The van der Waals surface area contributed by atoms with E-state index in [0.717, 1.165) is 25.7 Å². The van der Waals surface area contributed by atoms with Crippen LogP contribution in [-0.4, -0.2) is 53.3 Å². The molecule has 0 aromatic heterocycles. The number of fused-ring (bicyclic) bond motifs is 1. The van der Waals surface area contributed by atoms with Crippen LogP contribution in [0.25, 0.3) is 0 Å². The first-order chi connectivity index (χ1) is 12.6. The molecule has 156 valence electrons. The van der Waals surface area contributed by atoms with Crippen LogP contribution in [0, 0.1) is 11.3 Å². The SMILES string of the molecule is C=C(O)[C@H](C)C[C@H]1CC[C@@H]2O[C@@H](CCCOC(=O)C(C)(C)C)C[C@]2(CO)O1. The molecule has 2 fully saturated rings. The topological polar surface area (TPSA) is 85.2 Å². The average molecular weight is 385 g/mol. The van der Waals surface area contributed by atoms with Crippen molar-refractivity contribution in [2.45, 2.75) is 90.1 Å². The van der Waals surface area contributed by atoms with E-state index < -0.39 is 11.0 Å². The largest absolute Gasteiger partial charge is 0.513 e. The molecule has 0 spiro atoms. The lowest BCUT2D eigenvalue weighted by Crippen LogP contribution is -2.51. The zero-order chi connectivity index (χ0) is 20.2. The van der Waals surface area contributed by atoms with E-state index in [0.29, 0.717) is 19.4 Å². The van der Waals surface area contributed by atoms with E-state index in [-0.39, 0.29) is 42.6 Å². The van der Waals surface area contributed by atoms with Crippen molar-refractivity contribution >= 4 is 5.97 Å². The number of ether oxygens (including phenoxy) is 3. The minimum Gasteiger partial charge on any atom is -0.513 e. The molecule has 2 aliphatic rings. The number of hydrogen-bond donors (Lipinski definition) is 2. The van der Waals surface area contributed by atoms with Gasteiger partial charge in [-0.25, -0.2) is 0 Å². The van der Waals surface area contributed by atoms with E-state index in [1.165, 1.54) is 0 Å². The minimum absolute atomic E-state index is 0.000491. The van der Waals surface area contributed by atoms with Gasteiger partial charge in [-0.3, -0.25) is 4.79 Å². The summed E-state index contributed by atoms with van der Waals surface area (Å²) in [5.41, 5.74) is -1.15. The Bertz CT molecular complexity index is 525. The number of allylic oxidation sites excluding steroid dienone is 1. The van der Waals surface area contributed by atoms with Gasteiger partial charge in [0.15, 0.2) is 0 Å². The highest BCUT2D eigenvalue weighted by Crippen LogP contribution is 2.43. The zero-order valence-electron chi connectivity index (χ0n) is 17.2. The molecule has 2 aliphatic heterocycles. The molecule has 6 nitrogen and oxygen atoms in total. The van der Waals surface area contributed by atoms with Crippen molar-refractivity contribution in [3.63, 3.8) is 0 Å². The predicted molar refractivity (Wildman–Crippen MR) is 102 cm³/mol. The van der Waals surface area contributed by atoms with Gasteiger partial charge in [-0.1, -0.05) is 13.5 Å². The van der Waals surface area contributed by atoms with E-state index >= 15 is 0 Å². The number of aliphatic hydroxyl groups is 2. The lowest BCUT2D eigenvalue weighted by atomic mass is 9.85. The molecule has 0 aromatic rings. The zero-order valence-corrected chi connectivity index (χ0v) is 17.2. The Hall–Kier alpha value is -1.11. The van der Waals surface area contributed by atoms with Crippen molar-refractivity contribution in [3.8, 4) is 0 Å². The van der Waals surface area contributed by atoms with Crippen molar-refractivity contribution in [1.29, 1.82) is 0 Å². The molecule has 0 aromatic carbocycles. The summed E-state index contributed by atoms with van der Waals surface area (Å²) in [7, 11) is 0. The molecule has 0 bridgehead atoms. The van der Waals surface area contributed by atoms with Crippen molar-refractivity contribution < 1.29 is 29.2 Å². The first-order valence-electron chi connectivity index (χ1n) is 10.1. The molecule has 2 saturated heterocycles. The maximum Gasteiger partial charge on any atom is 0.311 e. The maximum absolute atomic E-state index is 11.8. The smallest absolute Gasteiger partial charge is 0.311 e. The summed E-state index contributed by atoms with van der Waals surface area (Å²) >= 11 is 0. The highest BCUT2D eigenvalue weighted by molar-refractivity contribution is 5.75. The first-order valence-corrected chi connectivity index (χ1v) is 10.1. The third-order valence-electron chi connectivity index (χ3n) is 5.64. The van der Waals surface area contributed by atoms with Gasteiger partial charge in [0.25, 0.3) is 0 Å². The van der Waals surface area contributed by atoms with Gasteiger partial charge in [-0.15, -0.1) is 0 Å². The van der Waals surface area contributed by atoms with Gasteiger partial charge < -0.3 is 24.4 Å². The summed E-state index contributed by atoms with van der Waals surface area (Å²) in [5, 5.41) is 19.6. The van der Waals surface area contributed by atoms with Gasteiger partial charge in [-0.2, -0.15) is 0 Å². The van der Waals surface area contributed by atoms with Gasteiger partial charge >= 0.3 is 5.97 Å². The fourth-order valence-electron chi connectivity index (χ4n) is 3.87. The molecule has 2 rings (SSSR count). The third-order valence-corrected chi connectivity index (χ3v) is 5.64. The Morgan fingerprint density at radius 3 is 2.63 bits per heavy atom. The molecule has 0 unspecified atom stereocenters. The van der Waals surface area contributed by atoms with E-state index in [1.54, 1.807) is 0 Å². The Kier molecular flexibility index (Phi) is 7.33. The molecule has 0 saturated carbocycles. The second-order valence-corrected chi connectivity index (χ2v) is 9.15. The Morgan fingerprint density at radius 2 is 2.04 bits per heavy atom. The molecular formula is C21H36O6. The molecule has 2 N–H and O–H groups in total. The Labute approximate surface area is 162 Å². The standard InChI is InChI=1S/C21H36O6/c1-14(15(2)23)11-16-8-9-18-21(13-22,27-16)12-17(26-18)7-6-10-25-19(24)20(3,4)5/h14,16-18,22-23H,2,6-13H2,1,3-5H3/t14-,16-,17+,18+,21-/m1/s1. The van der Waals surface area contributed by atoms with Gasteiger partial charge in [0.2, 0.25) is 0 Å². The summed E-state index contributed by atoms with van der Waals surface area (Å²) in [5.74, 6) is -0.0526. The Morgan fingerprint density at radius 1 is 1.33 bits per heavy atom. The van der Waals surface area contributed by atoms with E-state index in [2.05, 4.69) is 6.58 Å². The van der Waals surface area contributed by atoms with Gasteiger partial charge in [0.05, 0.1) is 42.7 Å². The highest BCUT2D eigenvalue weighted by Gasteiger charge is 2.52. The van der Waals surface area contributed by atoms with Crippen LogP contribution in [0.1, 0.15) is 66.2 Å².